The summed E-state index contributed by atoms with van der Waals surface area (Å²) in [5.74, 6) is 0.327. The van der Waals surface area contributed by atoms with Crippen molar-refractivity contribution in [3.05, 3.63) is 35.0 Å². The summed E-state index contributed by atoms with van der Waals surface area (Å²) in [6.07, 6.45) is 3.75. The van der Waals surface area contributed by atoms with Gasteiger partial charge in [-0.05, 0) is 56.0 Å². The lowest BCUT2D eigenvalue weighted by Crippen LogP contribution is -2.40. The van der Waals surface area contributed by atoms with Crippen molar-refractivity contribution in [3.8, 4) is 0 Å². The van der Waals surface area contributed by atoms with Crippen LogP contribution < -0.4 is 5.32 Å². The molecule has 1 aromatic heterocycles. The lowest BCUT2D eigenvalue weighted by molar-refractivity contribution is 0.0793. The van der Waals surface area contributed by atoms with Gasteiger partial charge in [-0.2, -0.15) is 0 Å². The second-order valence-electron chi connectivity index (χ2n) is 5.84. The smallest absolute Gasteiger partial charge is 0.0595 e. The summed E-state index contributed by atoms with van der Waals surface area (Å²) >= 11 is 0. The summed E-state index contributed by atoms with van der Waals surface area (Å²) < 4.78 is 0. The van der Waals surface area contributed by atoms with Gasteiger partial charge in [0.1, 0.15) is 0 Å². The van der Waals surface area contributed by atoms with E-state index in [1.54, 1.807) is 0 Å². The predicted octanol–water partition coefficient (Wildman–Crippen LogP) is 2.30. The lowest BCUT2D eigenvalue weighted by atomic mass is 9.89. The first-order chi connectivity index (χ1) is 9.15. The van der Waals surface area contributed by atoms with Gasteiger partial charge in [-0.25, -0.2) is 0 Å². The normalized spacial score (nSPS) is 23.9. The Morgan fingerprint density at radius 1 is 1.32 bits per heavy atom. The predicted molar refractivity (Wildman–Crippen MR) is 78.5 cm³/mol. The number of rotatable bonds is 2. The van der Waals surface area contributed by atoms with Crippen molar-refractivity contribution in [1.82, 2.24) is 10.3 Å². The van der Waals surface area contributed by atoms with Gasteiger partial charge in [-0.3, -0.25) is 0 Å². The fraction of sp³-hybridized carbons (Fsp3) is 0.500. The van der Waals surface area contributed by atoms with Gasteiger partial charge in [0.05, 0.1) is 6.10 Å². The Labute approximate surface area is 114 Å². The minimum atomic E-state index is -0.169. The number of fused-ring (bicyclic) bond motifs is 1. The van der Waals surface area contributed by atoms with E-state index in [0.29, 0.717) is 5.92 Å². The average molecular weight is 258 g/mol. The van der Waals surface area contributed by atoms with E-state index in [4.69, 9.17) is 0 Å². The third kappa shape index (κ3) is 2.40. The molecule has 1 aromatic carbocycles. The van der Waals surface area contributed by atoms with E-state index in [1.165, 1.54) is 27.6 Å². The summed E-state index contributed by atoms with van der Waals surface area (Å²) in [7, 11) is 0. The standard InChI is InChI=1S/C16H22N2O/c1-10-5-11(2)16-13(9-18-14(16)6-10)7-12-8-17-4-3-15(12)19/h5-6,9,12,15,17-19H,3-4,7-8H2,1-2H3. The first kappa shape index (κ1) is 12.7. The van der Waals surface area contributed by atoms with Crippen LogP contribution in [0, 0.1) is 19.8 Å². The molecule has 0 radical (unpaired) electrons. The molecule has 1 saturated heterocycles. The van der Waals surface area contributed by atoms with Gasteiger partial charge in [0.2, 0.25) is 0 Å². The zero-order valence-corrected chi connectivity index (χ0v) is 11.7. The molecule has 3 nitrogen and oxygen atoms in total. The molecular formula is C16H22N2O. The van der Waals surface area contributed by atoms with E-state index in [2.05, 4.69) is 42.5 Å². The number of aliphatic hydroxyl groups is 1. The maximum atomic E-state index is 10.1. The molecule has 3 heteroatoms. The van der Waals surface area contributed by atoms with E-state index < -0.39 is 0 Å². The van der Waals surface area contributed by atoms with Crippen molar-refractivity contribution in [2.24, 2.45) is 5.92 Å². The zero-order valence-electron chi connectivity index (χ0n) is 11.7. The number of aryl methyl sites for hydroxylation is 2. The molecule has 0 spiro atoms. The van der Waals surface area contributed by atoms with Crippen molar-refractivity contribution >= 4 is 10.9 Å². The second kappa shape index (κ2) is 4.99. The van der Waals surface area contributed by atoms with Gasteiger partial charge in [0.15, 0.2) is 0 Å². The van der Waals surface area contributed by atoms with Gasteiger partial charge in [0, 0.05) is 29.6 Å². The third-order valence-corrected chi connectivity index (χ3v) is 4.25. The van der Waals surface area contributed by atoms with E-state index in [1.807, 2.05) is 0 Å². The van der Waals surface area contributed by atoms with Crippen molar-refractivity contribution in [2.45, 2.75) is 32.8 Å². The fourth-order valence-corrected chi connectivity index (χ4v) is 3.31. The Bertz CT molecular complexity index is 588. The Hall–Kier alpha value is -1.32. The minimum Gasteiger partial charge on any atom is -0.393 e. The van der Waals surface area contributed by atoms with Crippen LogP contribution >= 0.6 is 0 Å². The summed E-state index contributed by atoms with van der Waals surface area (Å²) in [6.45, 7) is 6.15. The molecule has 2 heterocycles. The number of nitrogens with one attached hydrogen (secondary N) is 2. The summed E-state index contributed by atoms with van der Waals surface area (Å²) in [6, 6.07) is 4.43. The quantitative estimate of drug-likeness (QED) is 0.774. The van der Waals surface area contributed by atoms with Crippen LogP contribution in [0.25, 0.3) is 10.9 Å². The number of H-pyrrole nitrogens is 1. The number of piperidine rings is 1. The highest BCUT2D eigenvalue weighted by Gasteiger charge is 2.24. The van der Waals surface area contributed by atoms with Gasteiger partial charge >= 0.3 is 0 Å². The molecule has 2 atom stereocenters. The largest absolute Gasteiger partial charge is 0.393 e. The fourth-order valence-electron chi connectivity index (χ4n) is 3.31. The van der Waals surface area contributed by atoms with Crippen LogP contribution in [0.1, 0.15) is 23.1 Å². The van der Waals surface area contributed by atoms with Crippen molar-refractivity contribution in [2.75, 3.05) is 13.1 Å². The molecule has 1 aliphatic heterocycles. The minimum absolute atomic E-state index is 0.169. The SMILES string of the molecule is Cc1cc(C)c2c(CC3CNCCC3O)c[nH]c2c1. The summed E-state index contributed by atoms with van der Waals surface area (Å²) in [5.41, 5.74) is 5.16. The molecular weight excluding hydrogens is 236 g/mol. The molecule has 3 N–H and O–H groups in total. The first-order valence-electron chi connectivity index (χ1n) is 7.11. The molecule has 102 valence electrons. The average Bonchev–Trinajstić information content (AvgIpc) is 2.75. The van der Waals surface area contributed by atoms with Crippen molar-refractivity contribution < 1.29 is 5.11 Å². The molecule has 2 unspecified atom stereocenters. The van der Waals surface area contributed by atoms with Crippen molar-refractivity contribution in [1.29, 1.82) is 0 Å². The van der Waals surface area contributed by atoms with Crippen LogP contribution in [0.4, 0.5) is 0 Å². The molecule has 2 aromatic rings. The molecule has 1 aliphatic rings. The van der Waals surface area contributed by atoms with Gasteiger partial charge in [-0.15, -0.1) is 0 Å². The van der Waals surface area contributed by atoms with Crippen LogP contribution in [0.2, 0.25) is 0 Å². The van der Waals surface area contributed by atoms with E-state index in [-0.39, 0.29) is 6.10 Å². The number of benzene rings is 1. The van der Waals surface area contributed by atoms with Crippen LogP contribution in [-0.2, 0) is 6.42 Å². The highest BCUT2D eigenvalue weighted by atomic mass is 16.3. The van der Waals surface area contributed by atoms with E-state index in [9.17, 15) is 5.11 Å². The molecule has 0 amide bonds. The topological polar surface area (TPSA) is 48.0 Å². The Morgan fingerprint density at radius 2 is 2.16 bits per heavy atom. The van der Waals surface area contributed by atoms with E-state index in [0.717, 1.165) is 25.9 Å². The summed E-state index contributed by atoms with van der Waals surface area (Å²) in [5, 5.41) is 14.8. The van der Waals surface area contributed by atoms with Crippen LogP contribution in [0.5, 0.6) is 0 Å². The monoisotopic (exact) mass is 258 g/mol. The lowest BCUT2D eigenvalue weighted by Gasteiger charge is -2.28. The molecule has 19 heavy (non-hydrogen) atoms. The van der Waals surface area contributed by atoms with Gasteiger partial charge in [-0.1, -0.05) is 6.07 Å². The number of aliphatic hydroxyl groups excluding tert-OH is 1. The molecule has 3 rings (SSSR count). The second-order valence-corrected chi connectivity index (χ2v) is 5.84. The van der Waals surface area contributed by atoms with Gasteiger partial charge < -0.3 is 15.4 Å². The highest BCUT2D eigenvalue weighted by Crippen LogP contribution is 2.27. The number of hydrogen-bond donors (Lipinski definition) is 3. The number of aromatic nitrogens is 1. The molecule has 0 aliphatic carbocycles. The maximum absolute atomic E-state index is 10.1. The maximum Gasteiger partial charge on any atom is 0.0595 e. The van der Waals surface area contributed by atoms with Crippen molar-refractivity contribution in [3.63, 3.8) is 0 Å². The Balaban J connectivity index is 1.93. The summed E-state index contributed by atoms with van der Waals surface area (Å²) in [4.78, 5) is 3.37. The van der Waals surface area contributed by atoms with Crippen LogP contribution in [0.3, 0.4) is 0 Å². The Morgan fingerprint density at radius 3 is 2.95 bits per heavy atom. The van der Waals surface area contributed by atoms with Gasteiger partial charge in [0.25, 0.3) is 0 Å². The first-order valence-corrected chi connectivity index (χ1v) is 7.11. The third-order valence-electron chi connectivity index (χ3n) is 4.25. The highest BCUT2D eigenvalue weighted by molar-refractivity contribution is 5.87. The van der Waals surface area contributed by atoms with Crippen LogP contribution in [0.15, 0.2) is 18.3 Å². The van der Waals surface area contributed by atoms with Crippen LogP contribution in [-0.4, -0.2) is 29.3 Å². The zero-order chi connectivity index (χ0) is 13.4. The van der Waals surface area contributed by atoms with E-state index >= 15 is 0 Å². The molecule has 1 fully saturated rings. The Kier molecular flexibility index (Phi) is 3.33. The molecule has 0 bridgehead atoms. The molecule has 0 saturated carbocycles. The number of aromatic amines is 1. The number of hydrogen-bond acceptors (Lipinski definition) is 2.